The molecule has 0 aliphatic heterocycles. The highest BCUT2D eigenvalue weighted by molar-refractivity contribution is 7.10. The summed E-state index contributed by atoms with van der Waals surface area (Å²) in [5.41, 5.74) is 1.49. The number of aromatic nitrogens is 1. The lowest BCUT2D eigenvalue weighted by atomic mass is 10.1. The Labute approximate surface area is 142 Å². The lowest BCUT2D eigenvalue weighted by molar-refractivity contribution is 0.0952. The first-order chi connectivity index (χ1) is 11.1. The van der Waals surface area contributed by atoms with Gasteiger partial charge in [-0.15, -0.1) is 11.3 Å². The van der Waals surface area contributed by atoms with E-state index in [-0.39, 0.29) is 5.76 Å². The minimum absolute atomic E-state index is 0.124. The Balaban J connectivity index is 1.92. The smallest absolute Gasteiger partial charge is 0.222 e. The molecule has 1 unspecified atom stereocenters. The molecule has 3 rings (SSSR count). The van der Waals surface area contributed by atoms with E-state index < -0.39 is 11.7 Å². The van der Waals surface area contributed by atoms with Crippen LogP contribution in [0.5, 0.6) is 0 Å². The molecule has 1 atom stereocenters. The number of carbonyl (C=O) groups is 1. The summed E-state index contributed by atoms with van der Waals surface area (Å²) in [6, 6.07) is 12.4. The summed E-state index contributed by atoms with van der Waals surface area (Å²) < 4.78 is 5.62. The van der Waals surface area contributed by atoms with Crippen LogP contribution in [0.1, 0.15) is 27.2 Å². The summed E-state index contributed by atoms with van der Waals surface area (Å²) in [5, 5.41) is 12.1. The number of thiazole rings is 1. The standard InChI is InChI=1S/C17H11ClN2O2S/c1-10-9-23-17(20-10)12(8-19)16(21)15-7-6-14(22-15)11-4-2-3-5-13(11)18/h2-7,9,12H,1H3. The van der Waals surface area contributed by atoms with Gasteiger partial charge in [-0.25, -0.2) is 4.98 Å². The topological polar surface area (TPSA) is 66.9 Å². The maximum Gasteiger partial charge on any atom is 0.222 e. The van der Waals surface area contributed by atoms with Crippen molar-refractivity contribution in [3.63, 3.8) is 0 Å². The van der Waals surface area contributed by atoms with Crippen molar-refractivity contribution >= 4 is 28.7 Å². The molecule has 4 nitrogen and oxygen atoms in total. The van der Waals surface area contributed by atoms with Gasteiger partial charge in [-0.05, 0) is 31.2 Å². The average molecular weight is 343 g/mol. The van der Waals surface area contributed by atoms with Gasteiger partial charge in [0.15, 0.2) is 11.7 Å². The fraction of sp³-hybridized carbons (Fsp3) is 0.118. The average Bonchev–Trinajstić information content (AvgIpc) is 3.18. The van der Waals surface area contributed by atoms with Crippen LogP contribution in [0.4, 0.5) is 0 Å². The molecule has 114 valence electrons. The van der Waals surface area contributed by atoms with Crippen molar-refractivity contribution in [2.24, 2.45) is 0 Å². The van der Waals surface area contributed by atoms with Crippen molar-refractivity contribution in [3.05, 3.63) is 63.3 Å². The van der Waals surface area contributed by atoms with Crippen LogP contribution in [-0.4, -0.2) is 10.8 Å². The molecule has 0 amide bonds. The fourth-order valence-corrected chi connectivity index (χ4v) is 3.21. The van der Waals surface area contributed by atoms with Crippen molar-refractivity contribution in [1.29, 1.82) is 5.26 Å². The number of benzene rings is 1. The highest BCUT2D eigenvalue weighted by atomic mass is 35.5. The molecular weight excluding hydrogens is 332 g/mol. The van der Waals surface area contributed by atoms with Gasteiger partial charge in [0.2, 0.25) is 5.78 Å². The summed E-state index contributed by atoms with van der Waals surface area (Å²) in [5.74, 6) is -0.746. The third kappa shape index (κ3) is 3.04. The summed E-state index contributed by atoms with van der Waals surface area (Å²) in [7, 11) is 0. The molecule has 2 aromatic heterocycles. The minimum atomic E-state index is -0.959. The van der Waals surface area contributed by atoms with E-state index in [4.69, 9.17) is 16.0 Å². The quantitative estimate of drug-likeness (QED) is 0.635. The van der Waals surface area contributed by atoms with Crippen LogP contribution in [0.2, 0.25) is 5.02 Å². The highest BCUT2D eigenvalue weighted by Gasteiger charge is 2.27. The monoisotopic (exact) mass is 342 g/mol. The van der Waals surface area contributed by atoms with Gasteiger partial charge in [0.05, 0.1) is 11.1 Å². The first kappa shape index (κ1) is 15.5. The molecule has 2 heterocycles. The van der Waals surface area contributed by atoms with Gasteiger partial charge < -0.3 is 4.42 Å². The van der Waals surface area contributed by atoms with Crippen LogP contribution in [0.15, 0.2) is 46.2 Å². The fourth-order valence-electron chi connectivity index (χ4n) is 2.15. The number of rotatable bonds is 4. The van der Waals surface area contributed by atoms with E-state index in [1.807, 2.05) is 30.5 Å². The van der Waals surface area contributed by atoms with Gasteiger partial charge in [-0.3, -0.25) is 4.79 Å². The van der Waals surface area contributed by atoms with Gasteiger partial charge in [-0.1, -0.05) is 23.7 Å². The molecule has 0 aliphatic rings. The van der Waals surface area contributed by atoms with E-state index in [1.54, 1.807) is 24.3 Å². The molecule has 0 saturated heterocycles. The van der Waals surface area contributed by atoms with Crippen molar-refractivity contribution in [3.8, 4) is 17.4 Å². The summed E-state index contributed by atoms with van der Waals surface area (Å²) in [4.78, 5) is 16.8. The molecule has 0 radical (unpaired) electrons. The Morgan fingerprint density at radius 3 is 2.78 bits per heavy atom. The number of aryl methyl sites for hydroxylation is 1. The van der Waals surface area contributed by atoms with E-state index in [0.29, 0.717) is 21.4 Å². The highest BCUT2D eigenvalue weighted by Crippen LogP contribution is 2.31. The van der Waals surface area contributed by atoms with Crippen LogP contribution < -0.4 is 0 Å². The number of nitrogens with zero attached hydrogens (tertiary/aromatic N) is 2. The number of furan rings is 1. The predicted molar refractivity (Wildman–Crippen MR) is 88.7 cm³/mol. The van der Waals surface area contributed by atoms with Crippen molar-refractivity contribution in [2.75, 3.05) is 0 Å². The van der Waals surface area contributed by atoms with E-state index in [2.05, 4.69) is 4.98 Å². The number of ketones is 1. The summed E-state index contributed by atoms with van der Waals surface area (Å²) in [6.07, 6.45) is 0. The second-order valence-corrected chi connectivity index (χ2v) is 6.19. The number of Topliss-reactive ketones (excluding diaryl/α,β-unsaturated/α-hetero) is 1. The molecule has 6 heteroatoms. The van der Waals surface area contributed by atoms with Crippen LogP contribution >= 0.6 is 22.9 Å². The molecule has 1 aromatic carbocycles. The van der Waals surface area contributed by atoms with Gasteiger partial charge >= 0.3 is 0 Å². The van der Waals surface area contributed by atoms with Crippen LogP contribution in [0.25, 0.3) is 11.3 Å². The molecule has 0 N–H and O–H groups in total. The van der Waals surface area contributed by atoms with Gasteiger partial charge in [0.1, 0.15) is 10.8 Å². The van der Waals surface area contributed by atoms with Crippen LogP contribution in [0.3, 0.4) is 0 Å². The minimum Gasteiger partial charge on any atom is -0.453 e. The molecule has 0 aliphatic carbocycles. The molecule has 0 spiro atoms. The van der Waals surface area contributed by atoms with Gasteiger partial charge in [0, 0.05) is 16.6 Å². The number of nitriles is 1. The Morgan fingerprint density at radius 1 is 1.35 bits per heavy atom. The van der Waals surface area contributed by atoms with Gasteiger partial charge in [-0.2, -0.15) is 5.26 Å². The third-order valence-corrected chi connectivity index (χ3v) is 4.62. The second kappa shape index (κ2) is 6.37. The Kier molecular flexibility index (Phi) is 4.28. The number of carbonyl (C=O) groups excluding carboxylic acids is 1. The molecule has 3 aromatic rings. The Bertz CT molecular complexity index is 907. The first-order valence-electron chi connectivity index (χ1n) is 6.80. The molecule has 0 saturated carbocycles. The van der Waals surface area contributed by atoms with E-state index >= 15 is 0 Å². The number of halogens is 1. The molecule has 23 heavy (non-hydrogen) atoms. The molecule has 0 bridgehead atoms. The Hall–Kier alpha value is -2.42. The SMILES string of the molecule is Cc1csc(C(C#N)C(=O)c2ccc(-c3ccccc3Cl)o2)n1. The summed E-state index contributed by atoms with van der Waals surface area (Å²) in [6.45, 7) is 1.82. The normalized spacial score (nSPS) is 11.9. The summed E-state index contributed by atoms with van der Waals surface area (Å²) >= 11 is 7.42. The zero-order chi connectivity index (χ0) is 16.4. The van der Waals surface area contributed by atoms with Crippen molar-refractivity contribution < 1.29 is 9.21 Å². The maximum atomic E-state index is 12.5. The zero-order valence-electron chi connectivity index (χ0n) is 12.1. The molecule has 0 fully saturated rings. The number of hydrogen-bond acceptors (Lipinski definition) is 5. The van der Waals surface area contributed by atoms with E-state index in [0.717, 1.165) is 5.69 Å². The van der Waals surface area contributed by atoms with Gasteiger partial charge in [0.25, 0.3) is 0 Å². The lowest BCUT2D eigenvalue weighted by Gasteiger charge is -2.03. The predicted octanol–water partition coefficient (Wildman–Crippen LogP) is 4.86. The Morgan fingerprint density at radius 2 is 2.13 bits per heavy atom. The van der Waals surface area contributed by atoms with Crippen LogP contribution in [-0.2, 0) is 0 Å². The lowest BCUT2D eigenvalue weighted by Crippen LogP contribution is -2.10. The molecular formula is C17H11ClN2O2S. The second-order valence-electron chi connectivity index (χ2n) is 4.90. The number of hydrogen-bond donors (Lipinski definition) is 0. The zero-order valence-corrected chi connectivity index (χ0v) is 13.7. The maximum absolute atomic E-state index is 12.5. The van der Waals surface area contributed by atoms with Crippen molar-refractivity contribution in [1.82, 2.24) is 4.98 Å². The van der Waals surface area contributed by atoms with E-state index in [9.17, 15) is 10.1 Å². The van der Waals surface area contributed by atoms with Crippen LogP contribution in [0, 0.1) is 18.3 Å². The third-order valence-electron chi connectivity index (χ3n) is 3.26. The largest absolute Gasteiger partial charge is 0.453 e. The van der Waals surface area contributed by atoms with Crippen molar-refractivity contribution in [2.45, 2.75) is 12.8 Å². The van der Waals surface area contributed by atoms with E-state index in [1.165, 1.54) is 11.3 Å². The first-order valence-corrected chi connectivity index (χ1v) is 8.06.